The van der Waals surface area contributed by atoms with Crippen LogP contribution in [0.4, 0.5) is 10.5 Å². The van der Waals surface area contributed by atoms with E-state index in [2.05, 4.69) is 10.6 Å². The molecular weight excluding hydrogens is 302 g/mol. The van der Waals surface area contributed by atoms with Crippen LogP contribution in [0.5, 0.6) is 0 Å². The van der Waals surface area contributed by atoms with Crippen LogP contribution in [-0.4, -0.2) is 46.6 Å². The van der Waals surface area contributed by atoms with Crippen molar-refractivity contribution >= 4 is 23.5 Å². The second-order valence-corrected chi connectivity index (χ2v) is 5.93. The molecule has 0 radical (unpaired) electrons. The van der Waals surface area contributed by atoms with Gasteiger partial charge in [-0.25, -0.2) is 14.6 Å². The molecule has 1 amide bonds. The summed E-state index contributed by atoms with van der Waals surface area (Å²) in [6.07, 6.45) is -0.557. The first-order valence-electron chi connectivity index (χ1n) is 7.03. The fourth-order valence-corrected chi connectivity index (χ4v) is 1.92. The Hall–Kier alpha value is -2.77. The lowest BCUT2D eigenvalue weighted by Gasteiger charge is -2.32. The van der Waals surface area contributed by atoms with Gasteiger partial charge < -0.3 is 14.7 Å². The summed E-state index contributed by atoms with van der Waals surface area (Å²) in [5.74, 6) is -1.12. The van der Waals surface area contributed by atoms with Crippen molar-refractivity contribution in [3.63, 3.8) is 0 Å². The summed E-state index contributed by atoms with van der Waals surface area (Å²) < 4.78 is 5.32. The lowest BCUT2D eigenvalue weighted by atomic mass is 10.1. The van der Waals surface area contributed by atoms with Gasteiger partial charge in [0.1, 0.15) is 11.3 Å². The van der Waals surface area contributed by atoms with Crippen LogP contribution in [0.3, 0.4) is 0 Å². The van der Waals surface area contributed by atoms with Gasteiger partial charge in [0, 0.05) is 5.56 Å². The van der Waals surface area contributed by atoms with Crippen LogP contribution in [0.25, 0.3) is 0 Å². The van der Waals surface area contributed by atoms with Gasteiger partial charge in [0.2, 0.25) is 6.61 Å². The number of carbonyl (C=O) groups is 2. The molecule has 0 unspecified atom stereocenters. The summed E-state index contributed by atoms with van der Waals surface area (Å²) in [5.41, 5.74) is 4.15. The van der Waals surface area contributed by atoms with Gasteiger partial charge in [0.25, 0.3) is 0 Å². The SMILES string of the molecule is CC(C)(C)OC(=O)N1C/C(=N\OCC(=O)O)c2ccccc2N1. The van der Waals surface area contributed by atoms with Gasteiger partial charge in [-0.15, -0.1) is 0 Å². The molecule has 1 aliphatic rings. The first kappa shape index (κ1) is 16.6. The second kappa shape index (κ2) is 6.55. The van der Waals surface area contributed by atoms with Crippen LogP contribution in [0.15, 0.2) is 29.4 Å². The van der Waals surface area contributed by atoms with Crippen molar-refractivity contribution < 1.29 is 24.3 Å². The Morgan fingerprint density at radius 2 is 2.04 bits per heavy atom. The minimum atomic E-state index is -1.12. The predicted molar refractivity (Wildman–Crippen MR) is 83.1 cm³/mol. The number of nitrogens with zero attached hydrogens (tertiary/aromatic N) is 2. The number of carbonyl (C=O) groups excluding carboxylic acids is 1. The number of benzene rings is 1. The van der Waals surface area contributed by atoms with E-state index in [1.807, 2.05) is 6.07 Å². The van der Waals surface area contributed by atoms with E-state index in [-0.39, 0.29) is 6.54 Å². The van der Waals surface area contributed by atoms with E-state index < -0.39 is 24.3 Å². The summed E-state index contributed by atoms with van der Waals surface area (Å²) in [4.78, 5) is 27.5. The van der Waals surface area contributed by atoms with Crippen LogP contribution in [0, 0.1) is 0 Å². The summed E-state index contributed by atoms with van der Waals surface area (Å²) in [7, 11) is 0. The van der Waals surface area contributed by atoms with Gasteiger partial charge in [-0.3, -0.25) is 5.43 Å². The van der Waals surface area contributed by atoms with Gasteiger partial charge in [0.15, 0.2) is 0 Å². The van der Waals surface area contributed by atoms with E-state index in [1.165, 1.54) is 5.01 Å². The Labute approximate surface area is 133 Å². The molecule has 0 atom stereocenters. The first-order valence-corrected chi connectivity index (χ1v) is 7.03. The molecule has 0 aromatic heterocycles. The van der Waals surface area contributed by atoms with Crippen molar-refractivity contribution in [2.75, 3.05) is 18.6 Å². The van der Waals surface area contributed by atoms with Crippen LogP contribution >= 0.6 is 0 Å². The number of aliphatic carboxylic acids is 1. The molecule has 0 saturated heterocycles. The van der Waals surface area contributed by atoms with Gasteiger partial charge >= 0.3 is 12.1 Å². The second-order valence-electron chi connectivity index (χ2n) is 5.93. The summed E-state index contributed by atoms with van der Waals surface area (Å²) in [5, 5.41) is 13.7. The quantitative estimate of drug-likeness (QED) is 0.827. The van der Waals surface area contributed by atoms with Crippen molar-refractivity contribution in [1.29, 1.82) is 0 Å². The molecule has 23 heavy (non-hydrogen) atoms. The maximum atomic E-state index is 12.2. The minimum absolute atomic E-state index is 0.0888. The van der Waals surface area contributed by atoms with Crippen molar-refractivity contribution in [1.82, 2.24) is 5.01 Å². The number of anilines is 1. The number of fused-ring (bicyclic) bond motifs is 1. The molecule has 8 heteroatoms. The normalized spacial score (nSPS) is 15.6. The number of rotatable bonds is 3. The lowest BCUT2D eigenvalue weighted by Crippen LogP contribution is -2.46. The predicted octanol–water partition coefficient (Wildman–Crippen LogP) is 2.07. The number of hydrazine groups is 1. The lowest BCUT2D eigenvalue weighted by molar-refractivity contribution is -0.142. The molecule has 0 saturated carbocycles. The molecule has 1 heterocycles. The van der Waals surface area contributed by atoms with Crippen molar-refractivity contribution in [3.05, 3.63) is 29.8 Å². The van der Waals surface area contributed by atoms with Crippen LogP contribution in [0.1, 0.15) is 26.3 Å². The van der Waals surface area contributed by atoms with Gasteiger partial charge in [-0.1, -0.05) is 23.4 Å². The molecule has 2 N–H and O–H groups in total. The highest BCUT2D eigenvalue weighted by molar-refractivity contribution is 6.08. The maximum Gasteiger partial charge on any atom is 0.429 e. The minimum Gasteiger partial charge on any atom is -0.479 e. The molecule has 0 fully saturated rings. The number of hydrogen-bond donors (Lipinski definition) is 2. The average Bonchev–Trinajstić information content (AvgIpc) is 2.44. The molecule has 2 rings (SSSR count). The first-order chi connectivity index (χ1) is 10.8. The zero-order valence-corrected chi connectivity index (χ0v) is 13.2. The number of oxime groups is 1. The highest BCUT2D eigenvalue weighted by Gasteiger charge is 2.29. The topological polar surface area (TPSA) is 100 Å². The molecule has 1 aliphatic heterocycles. The third-order valence-electron chi connectivity index (χ3n) is 2.78. The third-order valence-corrected chi connectivity index (χ3v) is 2.78. The highest BCUT2D eigenvalue weighted by atomic mass is 16.6. The van der Waals surface area contributed by atoms with E-state index in [4.69, 9.17) is 14.7 Å². The molecule has 1 aromatic carbocycles. The zero-order valence-electron chi connectivity index (χ0n) is 13.2. The summed E-state index contributed by atoms with van der Waals surface area (Å²) in [6.45, 7) is 4.85. The van der Waals surface area contributed by atoms with Gasteiger partial charge in [-0.2, -0.15) is 0 Å². The standard InChI is InChI=1S/C15H19N3O5/c1-15(2,3)23-14(21)18-8-12(17-22-9-13(19)20)10-6-4-5-7-11(10)16-18/h4-7,16H,8-9H2,1-3H3,(H,19,20)/b17-12+. The average molecular weight is 321 g/mol. The van der Waals surface area contributed by atoms with Crippen LogP contribution in [-0.2, 0) is 14.4 Å². The van der Waals surface area contributed by atoms with E-state index in [9.17, 15) is 9.59 Å². The molecule has 0 aliphatic carbocycles. The van der Waals surface area contributed by atoms with Crippen molar-refractivity contribution in [2.45, 2.75) is 26.4 Å². The molecule has 0 spiro atoms. The highest BCUT2D eigenvalue weighted by Crippen LogP contribution is 2.23. The molecule has 8 nitrogen and oxygen atoms in total. The summed E-state index contributed by atoms with van der Waals surface area (Å²) in [6, 6.07) is 7.20. The van der Waals surface area contributed by atoms with Crippen molar-refractivity contribution in [2.24, 2.45) is 5.16 Å². The number of ether oxygens (including phenoxy) is 1. The van der Waals surface area contributed by atoms with E-state index >= 15 is 0 Å². The molecule has 1 aromatic rings. The summed E-state index contributed by atoms with van der Waals surface area (Å²) >= 11 is 0. The largest absolute Gasteiger partial charge is 0.479 e. The molecular formula is C15H19N3O5. The molecule has 0 bridgehead atoms. The third kappa shape index (κ3) is 4.60. The Morgan fingerprint density at radius 3 is 2.70 bits per heavy atom. The number of nitrogens with one attached hydrogen (secondary N) is 1. The van der Waals surface area contributed by atoms with Crippen LogP contribution in [0.2, 0.25) is 0 Å². The number of carboxylic acids is 1. The zero-order chi connectivity index (χ0) is 17.0. The number of hydrogen-bond acceptors (Lipinski definition) is 6. The van der Waals surface area contributed by atoms with E-state index in [0.29, 0.717) is 11.4 Å². The van der Waals surface area contributed by atoms with Crippen LogP contribution < -0.4 is 5.43 Å². The number of carboxylic acid groups (broad SMARTS) is 1. The smallest absolute Gasteiger partial charge is 0.429 e. The number of para-hydroxylation sites is 1. The number of amides is 1. The Bertz CT molecular complexity index is 636. The molecule has 124 valence electrons. The Kier molecular flexibility index (Phi) is 4.73. The van der Waals surface area contributed by atoms with E-state index in [1.54, 1.807) is 39.0 Å². The Morgan fingerprint density at radius 1 is 1.35 bits per heavy atom. The van der Waals surface area contributed by atoms with Crippen molar-refractivity contribution in [3.8, 4) is 0 Å². The van der Waals surface area contributed by atoms with Gasteiger partial charge in [-0.05, 0) is 26.8 Å². The monoisotopic (exact) mass is 321 g/mol. The fourth-order valence-electron chi connectivity index (χ4n) is 1.92. The fraction of sp³-hybridized carbons (Fsp3) is 0.400. The maximum absolute atomic E-state index is 12.2. The Balaban J connectivity index is 2.21. The van der Waals surface area contributed by atoms with Gasteiger partial charge in [0.05, 0.1) is 12.2 Å². The van der Waals surface area contributed by atoms with E-state index in [0.717, 1.165) is 5.56 Å².